The number of hydrogen-bond donors (Lipinski definition) is 1. The van der Waals surface area contributed by atoms with Crippen LogP contribution in [0.3, 0.4) is 0 Å². The number of fused-ring (bicyclic) bond motifs is 1. The Balaban J connectivity index is 1.89. The molecule has 1 aliphatic rings. The van der Waals surface area contributed by atoms with Gasteiger partial charge in [-0.15, -0.1) is 0 Å². The molecule has 3 nitrogen and oxygen atoms in total. The Bertz CT molecular complexity index is 561. The van der Waals surface area contributed by atoms with E-state index in [1.165, 1.54) is 11.1 Å². The molecule has 2 aromatic rings. The quantitative estimate of drug-likeness (QED) is 0.913. The van der Waals surface area contributed by atoms with Crippen LogP contribution >= 0.6 is 0 Å². The highest BCUT2D eigenvalue weighted by molar-refractivity contribution is 5.36. The van der Waals surface area contributed by atoms with E-state index in [4.69, 9.17) is 0 Å². The summed E-state index contributed by atoms with van der Waals surface area (Å²) in [5.74, 6) is 0.998. The number of aryl methyl sites for hydroxylation is 2. The van der Waals surface area contributed by atoms with Gasteiger partial charge in [-0.25, -0.2) is 4.98 Å². The largest absolute Gasteiger partial charge is 0.385 e. The molecule has 0 fully saturated rings. The van der Waals surface area contributed by atoms with E-state index in [0.717, 1.165) is 31.6 Å². The molecule has 2 unspecified atom stereocenters. The number of aliphatic hydroxyl groups excluding tert-OH is 1. The van der Waals surface area contributed by atoms with Gasteiger partial charge in [0.1, 0.15) is 11.9 Å². The molecule has 1 aliphatic carbocycles. The Morgan fingerprint density at radius 3 is 3.11 bits per heavy atom. The molecule has 3 heteroatoms. The van der Waals surface area contributed by atoms with Crippen LogP contribution in [0.1, 0.15) is 48.7 Å². The fraction of sp³-hybridized carbons (Fsp3) is 0.438. The molecule has 1 N–H and O–H groups in total. The molecule has 0 spiro atoms. The Hall–Kier alpha value is -1.61. The van der Waals surface area contributed by atoms with E-state index in [-0.39, 0.29) is 5.92 Å². The number of nitrogens with zero attached hydrogens (tertiary/aromatic N) is 2. The maximum atomic E-state index is 10.7. The van der Waals surface area contributed by atoms with Crippen molar-refractivity contribution in [1.29, 1.82) is 0 Å². The predicted molar refractivity (Wildman–Crippen MR) is 75.0 cm³/mol. The summed E-state index contributed by atoms with van der Waals surface area (Å²) < 4.78 is 2.08. The minimum Gasteiger partial charge on any atom is -0.385 e. The second-order valence-electron chi connectivity index (χ2n) is 5.27. The van der Waals surface area contributed by atoms with Crippen LogP contribution in [0.4, 0.5) is 0 Å². The number of rotatable bonds is 4. The summed E-state index contributed by atoms with van der Waals surface area (Å²) in [6.45, 7) is 3.06. The van der Waals surface area contributed by atoms with Crippen molar-refractivity contribution in [3.63, 3.8) is 0 Å². The Morgan fingerprint density at radius 2 is 2.26 bits per heavy atom. The Morgan fingerprint density at radius 1 is 1.42 bits per heavy atom. The van der Waals surface area contributed by atoms with Crippen molar-refractivity contribution >= 4 is 0 Å². The molecular formula is C16H20N2O. The minimum atomic E-state index is -0.495. The van der Waals surface area contributed by atoms with Crippen molar-refractivity contribution in [3.05, 3.63) is 53.6 Å². The van der Waals surface area contributed by atoms with Crippen LogP contribution in [0.5, 0.6) is 0 Å². The van der Waals surface area contributed by atoms with E-state index in [0.29, 0.717) is 0 Å². The number of aliphatic hydroxyl groups is 1. The van der Waals surface area contributed by atoms with E-state index < -0.39 is 6.10 Å². The van der Waals surface area contributed by atoms with Gasteiger partial charge < -0.3 is 9.67 Å². The fourth-order valence-corrected chi connectivity index (χ4v) is 3.11. The third-order valence-corrected chi connectivity index (χ3v) is 4.04. The van der Waals surface area contributed by atoms with Gasteiger partial charge in [-0.1, -0.05) is 31.2 Å². The van der Waals surface area contributed by atoms with Crippen molar-refractivity contribution in [2.24, 2.45) is 0 Å². The number of imidazole rings is 1. The standard InChI is InChI=1S/C16H20N2O/c1-2-10-18-11-9-17-16(18)15(19)14-8-7-12-5-3-4-6-13(12)14/h3-6,9,11,14-15,19H,2,7-8,10H2,1H3. The average molecular weight is 256 g/mol. The van der Waals surface area contributed by atoms with Crippen molar-refractivity contribution in [1.82, 2.24) is 9.55 Å². The minimum absolute atomic E-state index is 0.189. The van der Waals surface area contributed by atoms with Crippen LogP contribution in [-0.2, 0) is 13.0 Å². The first-order chi connectivity index (χ1) is 9.31. The van der Waals surface area contributed by atoms with Gasteiger partial charge in [0.05, 0.1) is 0 Å². The van der Waals surface area contributed by atoms with Crippen LogP contribution in [0, 0.1) is 0 Å². The molecule has 0 saturated carbocycles. The summed E-state index contributed by atoms with van der Waals surface area (Å²) >= 11 is 0. The third-order valence-electron chi connectivity index (χ3n) is 4.04. The first-order valence-corrected chi connectivity index (χ1v) is 7.08. The van der Waals surface area contributed by atoms with Gasteiger partial charge in [-0.05, 0) is 30.4 Å². The second kappa shape index (κ2) is 5.17. The zero-order valence-electron chi connectivity index (χ0n) is 11.3. The highest BCUT2D eigenvalue weighted by Crippen LogP contribution is 2.40. The number of aromatic nitrogens is 2. The van der Waals surface area contributed by atoms with E-state index >= 15 is 0 Å². The van der Waals surface area contributed by atoms with Gasteiger partial charge in [0.25, 0.3) is 0 Å². The molecule has 2 atom stereocenters. The zero-order valence-corrected chi connectivity index (χ0v) is 11.3. The molecule has 0 aliphatic heterocycles. The van der Waals surface area contributed by atoms with Gasteiger partial charge in [0.15, 0.2) is 0 Å². The van der Waals surface area contributed by atoms with Crippen LogP contribution in [0.25, 0.3) is 0 Å². The lowest BCUT2D eigenvalue weighted by molar-refractivity contribution is 0.131. The molecule has 19 heavy (non-hydrogen) atoms. The van der Waals surface area contributed by atoms with Gasteiger partial charge in [-0.2, -0.15) is 0 Å². The summed E-state index contributed by atoms with van der Waals surface area (Å²) in [6, 6.07) is 8.44. The van der Waals surface area contributed by atoms with Gasteiger partial charge >= 0.3 is 0 Å². The second-order valence-corrected chi connectivity index (χ2v) is 5.27. The van der Waals surface area contributed by atoms with Crippen LogP contribution in [-0.4, -0.2) is 14.7 Å². The predicted octanol–water partition coefficient (Wildman–Crippen LogP) is 3.06. The zero-order chi connectivity index (χ0) is 13.2. The maximum Gasteiger partial charge on any atom is 0.138 e. The third kappa shape index (κ3) is 2.19. The Labute approximate surface area is 113 Å². The van der Waals surface area contributed by atoms with E-state index in [1.54, 1.807) is 6.20 Å². The maximum absolute atomic E-state index is 10.7. The molecule has 1 aromatic carbocycles. The van der Waals surface area contributed by atoms with Crippen LogP contribution < -0.4 is 0 Å². The fourth-order valence-electron chi connectivity index (χ4n) is 3.11. The lowest BCUT2D eigenvalue weighted by atomic mass is 9.95. The van der Waals surface area contributed by atoms with Gasteiger partial charge in [0, 0.05) is 24.9 Å². The van der Waals surface area contributed by atoms with Crippen molar-refractivity contribution in [3.8, 4) is 0 Å². The first-order valence-electron chi connectivity index (χ1n) is 7.08. The molecule has 0 bridgehead atoms. The summed E-state index contributed by atoms with van der Waals surface area (Å²) in [7, 11) is 0. The van der Waals surface area contributed by atoms with Crippen LogP contribution in [0.15, 0.2) is 36.7 Å². The summed E-state index contributed by atoms with van der Waals surface area (Å²) in [5.41, 5.74) is 2.67. The van der Waals surface area contributed by atoms with Crippen molar-refractivity contribution in [2.45, 2.75) is 44.8 Å². The molecule has 0 amide bonds. The van der Waals surface area contributed by atoms with Crippen LogP contribution in [0.2, 0.25) is 0 Å². The SMILES string of the molecule is CCCn1ccnc1C(O)C1CCc2ccccc21. The highest BCUT2D eigenvalue weighted by atomic mass is 16.3. The number of benzene rings is 1. The number of hydrogen-bond acceptors (Lipinski definition) is 2. The molecular weight excluding hydrogens is 236 g/mol. The monoisotopic (exact) mass is 256 g/mol. The molecule has 1 aromatic heterocycles. The normalized spacial score (nSPS) is 19.4. The lowest BCUT2D eigenvalue weighted by Gasteiger charge is -2.20. The molecule has 1 heterocycles. The smallest absolute Gasteiger partial charge is 0.138 e. The Kier molecular flexibility index (Phi) is 3.38. The highest BCUT2D eigenvalue weighted by Gasteiger charge is 2.31. The van der Waals surface area contributed by atoms with E-state index in [1.807, 2.05) is 6.20 Å². The topological polar surface area (TPSA) is 38.0 Å². The summed E-state index contributed by atoms with van der Waals surface area (Å²) in [6.07, 6.45) is 6.38. The van der Waals surface area contributed by atoms with Gasteiger partial charge in [-0.3, -0.25) is 0 Å². The molecule has 100 valence electrons. The first kappa shape index (κ1) is 12.4. The average Bonchev–Trinajstić information content (AvgIpc) is 3.04. The van der Waals surface area contributed by atoms with Crippen molar-refractivity contribution in [2.75, 3.05) is 0 Å². The van der Waals surface area contributed by atoms with Crippen molar-refractivity contribution < 1.29 is 5.11 Å². The summed E-state index contributed by atoms with van der Waals surface area (Å²) in [5, 5.41) is 10.7. The molecule has 0 saturated heterocycles. The van der Waals surface area contributed by atoms with Gasteiger partial charge in [0.2, 0.25) is 0 Å². The van der Waals surface area contributed by atoms with E-state index in [2.05, 4.69) is 40.7 Å². The van der Waals surface area contributed by atoms with E-state index in [9.17, 15) is 5.11 Å². The molecule has 0 radical (unpaired) electrons. The lowest BCUT2D eigenvalue weighted by Crippen LogP contribution is -2.14. The molecule has 3 rings (SSSR count). The summed E-state index contributed by atoms with van der Waals surface area (Å²) in [4.78, 5) is 4.37.